The molecule has 1 aliphatic heterocycles. The van der Waals surface area contributed by atoms with Gasteiger partial charge in [0.1, 0.15) is 12.4 Å². The van der Waals surface area contributed by atoms with Crippen molar-refractivity contribution in [1.29, 1.82) is 0 Å². The smallest absolute Gasteiger partial charge is 0.338 e. The van der Waals surface area contributed by atoms with Crippen molar-refractivity contribution in [2.75, 3.05) is 13.2 Å². The molecule has 0 saturated carbocycles. The number of terminal acetylenes is 1. The van der Waals surface area contributed by atoms with Crippen molar-refractivity contribution >= 4 is 45.8 Å². The van der Waals surface area contributed by atoms with E-state index >= 15 is 0 Å². The molecule has 38 heavy (non-hydrogen) atoms. The summed E-state index contributed by atoms with van der Waals surface area (Å²) in [7, 11) is 0. The molecular formula is C30H23ClN2O4S. The second kappa shape index (κ2) is 10.7. The standard InChI is InChI=1S/C30H23ClN2O4S/c1-4-16-37-24-15-12-19-8-6-7-9-22(19)23(24)17-25-28(34)33-27(20-10-13-21(31)14-11-20)26(29(35)36-5-2)18(3)32-30(33)38-25/h1,6-15,17,27H,5,16H2,2-3H3/b25-17-/t27-/m0/s1. The fourth-order valence-corrected chi connectivity index (χ4v) is 5.71. The minimum atomic E-state index is -0.714. The highest BCUT2D eigenvalue weighted by Gasteiger charge is 2.33. The minimum Gasteiger partial charge on any atom is -0.480 e. The Bertz CT molecular complexity index is 1810. The normalized spacial score (nSPS) is 15.1. The summed E-state index contributed by atoms with van der Waals surface area (Å²) in [6.07, 6.45) is 7.24. The second-order valence-corrected chi connectivity index (χ2v) is 9.99. The van der Waals surface area contributed by atoms with E-state index in [0.29, 0.717) is 31.4 Å². The topological polar surface area (TPSA) is 69.9 Å². The molecule has 0 N–H and O–H groups in total. The molecule has 3 aromatic carbocycles. The van der Waals surface area contributed by atoms with Gasteiger partial charge < -0.3 is 9.47 Å². The van der Waals surface area contributed by atoms with Crippen molar-refractivity contribution in [2.24, 2.45) is 4.99 Å². The lowest BCUT2D eigenvalue weighted by Crippen LogP contribution is -2.39. The number of esters is 1. The molecule has 2 heterocycles. The van der Waals surface area contributed by atoms with Gasteiger partial charge in [0.2, 0.25) is 0 Å². The summed E-state index contributed by atoms with van der Waals surface area (Å²) in [6.45, 7) is 3.79. The van der Waals surface area contributed by atoms with Gasteiger partial charge in [-0.2, -0.15) is 0 Å². The van der Waals surface area contributed by atoms with E-state index < -0.39 is 12.0 Å². The number of carbonyl (C=O) groups is 1. The number of ether oxygens (including phenoxy) is 2. The predicted molar refractivity (Wildman–Crippen MR) is 150 cm³/mol. The number of hydrogen-bond donors (Lipinski definition) is 0. The molecule has 0 saturated heterocycles. The summed E-state index contributed by atoms with van der Waals surface area (Å²) >= 11 is 7.39. The molecular weight excluding hydrogens is 520 g/mol. The van der Waals surface area contributed by atoms with Crippen LogP contribution in [-0.2, 0) is 9.53 Å². The molecule has 6 nitrogen and oxygen atoms in total. The summed E-state index contributed by atoms with van der Waals surface area (Å²) in [5, 5.41) is 2.47. The van der Waals surface area contributed by atoms with Gasteiger partial charge in [-0.1, -0.05) is 71.3 Å². The van der Waals surface area contributed by atoms with E-state index in [4.69, 9.17) is 27.5 Å². The van der Waals surface area contributed by atoms with E-state index in [9.17, 15) is 9.59 Å². The first-order valence-corrected chi connectivity index (χ1v) is 13.2. The zero-order chi connectivity index (χ0) is 26.8. The van der Waals surface area contributed by atoms with Crippen LogP contribution in [0.3, 0.4) is 0 Å². The molecule has 1 atom stereocenters. The average Bonchev–Trinajstić information content (AvgIpc) is 3.22. The fourth-order valence-electron chi connectivity index (χ4n) is 4.55. The molecule has 0 spiro atoms. The van der Waals surface area contributed by atoms with Crippen molar-refractivity contribution in [2.45, 2.75) is 19.9 Å². The summed E-state index contributed by atoms with van der Waals surface area (Å²) in [4.78, 5) is 32.1. The maximum absolute atomic E-state index is 14.0. The van der Waals surface area contributed by atoms with Crippen LogP contribution in [-0.4, -0.2) is 23.8 Å². The molecule has 0 radical (unpaired) electrons. The Balaban J connectivity index is 1.77. The minimum absolute atomic E-state index is 0.0963. The molecule has 0 unspecified atom stereocenters. The number of rotatable bonds is 6. The molecule has 190 valence electrons. The first-order valence-electron chi connectivity index (χ1n) is 12.0. The third-order valence-electron chi connectivity index (χ3n) is 6.22. The van der Waals surface area contributed by atoms with Crippen LogP contribution in [0.2, 0.25) is 5.02 Å². The predicted octanol–water partition coefficient (Wildman–Crippen LogP) is 4.62. The number of aromatic nitrogens is 1. The van der Waals surface area contributed by atoms with Crippen molar-refractivity contribution in [3.63, 3.8) is 0 Å². The molecule has 0 bridgehead atoms. The van der Waals surface area contributed by atoms with Crippen LogP contribution in [0.15, 0.2) is 81.7 Å². The van der Waals surface area contributed by atoms with Crippen molar-refractivity contribution < 1.29 is 14.3 Å². The summed E-state index contributed by atoms with van der Waals surface area (Å²) in [5.41, 5.74) is 2.00. The summed E-state index contributed by atoms with van der Waals surface area (Å²) < 4.78 is 13.2. The van der Waals surface area contributed by atoms with Crippen LogP contribution >= 0.6 is 22.9 Å². The highest BCUT2D eigenvalue weighted by atomic mass is 35.5. The van der Waals surface area contributed by atoms with Gasteiger partial charge in [-0.15, -0.1) is 6.42 Å². The SMILES string of the molecule is C#CCOc1ccc2ccccc2c1/C=c1\sc2n(c1=O)[C@@H](c1ccc(Cl)cc1)C(C(=O)OCC)=C(C)N=2. The number of allylic oxidation sites excluding steroid dienone is 1. The number of carbonyl (C=O) groups excluding carboxylic acids is 1. The fraction of sp³-hybridized carbons (Fsp3) is 0.167. The van der Waals surface area contributed by atoms with Crippen molar-refractivity contribution in [3.05, 3.63) is 108 Å². The maximum atomic E-state index is 14.0. The number of nitrogens with zero attached hydrogens (tertiary/aromatic N) is 2. The Hall–Kier alpha value is -4.12. The van der Waals surface area contributed by atoms with Gasteiger partial charge in [-0.3, -0.25) is 9.36 Å². The van der Waals surface area contributed by atoms with Gasteiger partial charge >= 0.3 is 5.97 Å². The monoisotopic (exact) mass is 542 g/mol. The van der Waals surface area contributed by atoms with Gasteiger partial charge in [-0.05, 0) is 54.5 Å². The third-order valence-corrected chi connectivity index (χ3v) is 7.45. The Kier molecular flexibility index (Phi) is 7.19. The molecule has 5 rings (SSSR count). The molecule has 0 fully saturated rings. The van der Waals surface area contributed by atoms with Crippen LogP contribution in [0.4, 0.5) is 0 Å². The summed E-state index contributed by atoms with van der Waals surface area (Å²) in [5.74, 6) is 2.55. The van der Waals surface area contributed by atoms with Gasteiger partial charge in [0, 0.05) is 10.6 Å². The molecule has 0 aliphatic carbocycles. The van der Waals surface area contributed by atoms with Crippen LogP contribution in [0, 0.1) is 12.3 Å². The lowest BCUT2D eigenvalue weighted by molar-refractivity contribution is -0.139. The quantitative estimate of drug-likeness (QED) is 0.263. The van der Waals surface area contributed by atoms with E-state index in [-0.39, 0.29) is 18.8 Å². The number of benzene rings is 3. The Morgan fingerprint density at radius 3 is 2.68 bits per heavy atom. The van der Waals surface area contributed by atoms with Crippen molar-refractivity contribution in [1.82, 2.24) is 4.57 Å². The van der Waals surface area contributed by atoms with Gasteiger partial charge in [-0.25, -0.2) is 9.79 Å². The number of halogens is 1. The number of fused-ring (bicyclic) bond motifs is 2. The van der Waals surface area contributed by atoms with E-state index in [2.05, 4.69) is 10.9 Å². The second-order valence-electron chi connectivity index (χ2n) is 8.55. The molecule has 1 aromatic heterocycles. The molecule has 4 aromatic rings. The Morgan fingerprint density at radius 1 is 1.18 bits per heavy atom. The largest absolute Gasteiger partial charge is 0.480 e. The first kappa shape index (κ1) is 25.5. The van der Waals surface area contributed by atoms with Crippen LogP contribution in [0.5, 0.6) is 5.75 Å². The third kappa shape index (κ3) is 4.65. The van der Waals surface area contributed by atoms with E-state index in [1.165, 1.54) is 11.3 Å². The molecule has 0 amide bonds. The maximum Gasteiger partial charge on any atom is 0.338 e. The highest BCUT2D eigenvalue weighted by molar-refractivity contribution is 7.07. The van der Waals surface area contributed by atoms with E-state index in [0.717, 1.165) is 21.9 Å². The number of thiazole rings is 1. The lowest BCUT2D eigenvalue weighted by atomic mass is 9.96. The average molecular weight is 543 g/mol. The van der Waals surface area contributed by atoms with Crippen molar-refractivity contribution in [3.8, 4) is 18.1 Å². The van der Waals surface area contributed by atoms with Crippen LogP contribution < -0.4 is 19.6 Å². The van der Waals surface area contributed by atoms with E-state index in [1.807, 2.05) is 36.4 Å². The van der Waals surface area contributed by atoms with E-state index in [1.54, 1.807) is 48.8 Å². The summed E-state index contributed by atoms with van der Waals surface area (Å²) in [6, 6.07) is 18.0. The van der Waals surface area contributed by atoms with Gasteiger partial charge in [0.05, 0.1) is 28.5 Å². The highest BCUT2D eigenvalue weighted by Crippen LogP contribution is 2.32. The van der Waals surface area contributed by atoms with Crippen LogP contribution in [0.25, 0.3) is 16.8 Å². The Morgan fingerprint density at radius 2 is 1.95 bits per heavy atom. The number of hydrogen-bond acceptors (Lipinski definition) is 6. The molecule has 8 heteroatoms. The van der Waals surface area contributed by atoms with Gasteiger partial charge in [0.15, 0.2) is 4.80 Å². The lowest BCUT2D eigenvalue weighted by Gasteiger charge is -2.24. The molecule has 1 aliphatic rings. The first-order chi connectivity index (χ1) is 18.4. The van der Waals surface area contributed by atoms with Gasteiger partial charge in [0.25, 0.3) is 5.56 Å². The Labute approximate surface area is 228 Å². The zero-order valence-corrected chi connectivity index (χ0v) is 22.3. The van der Waals surface area contributed by atoms with Crippen LogP contribution in [0.1, 0.15) is 31.0 Å². The zero-order valence-electron chi connectivity index (χ0n) is 20.7.